The van der Waals surface area contributed by atoms with Crippen LogP contribution in [0.3, 0.4) is 0 Å². The Morgan fingerprint density at radius 1 is 1.12 bits per heavy atom. The highest BCUT2D eigenvalue weighted by atomic mass is 16.5. The van der Waals surface area contributed by atoms with Crippen molar-refractivity contribution in [3.8, 4) is 5.75 Å². The molecular weight excluding hydrogens is 414 g/mol. The highest BCUT2D eigenvalue weighted by Gasteiger charge is 2.56. The minimum Gasteiger partial charge on any atom is -0.507 e. The lowest BCUT2D eigenvalue weighted by atomic mass is 9.68. The lowest BCUT2D eigenvalue weighted by Crippen LogP contribution is -2.34. The van der Waals surface area contributed by atoms with Crippen LogP contribution in [0.1, 0.15) is 71.3 Å². The zero-order valence-electron chi connectivity index (χ0n) is 20.2. The number of hydrogen-bond donors (Lipinski definition) is 1. The van der Waals surface area contributed by atoms with E-state index in [1.807, 2.05) is 25.1 Å². The van der Waals surface area contributed by atoms with Crippen molar-refractivity contribution < 1.29 is 19.4 Å². The Balaban J connectivity index is 1.55. The van der Waals surface area contributed by atoms with E-state index in [4.69, 9.17) is 4.74 Å². The molecule has 1 aromatic rings. The molecule has 0 unspecified atom stereocenters. The van der Waals surface area contributed by atoms with Crippen LogP contribution in [0.2, 0.25) is 0 Å². The van der Waals surface area contributed by atoms with E-state index in [1.54, 1.807) is 6.07 Å². The molecule has 0 spiro atoms. The minimum atomic E-state index is -0.243. The first-order chi connectivity index (χ1) is 16.0. The van der Waals surface area contributed by atoms with E-state index in [1.165, 1.54) is 21.6 Å². The van der Waals surface area contributed by atoms with Crippen molar-refractivity contribution in [1.29, 1.82) is 0 Å². The monoisotopic (exact) mass is 451 g/mol. The number of rotatable bonds is 9. The van der Waals surface area contributed by atoms with Gasteiger partial charge in [-0.25, -0.2) is 0 Å². The summed E-state index contributed by atoms with van der Waals surface area (Å²) in [7, 11) is 0. The van der Waals surface area contributed by atoms with E-state index in [2.05, 4.69) is 19.9 Å². The lowest BCUT2D eigenvalue weighted by Gasteiger charge is -2.32. The summed E-state index contributed by atoms with van der Waals surface area (Å²) < 4.78 is 6.32. The Morgan fingerprint density at radius 2 is 1.91 bits per heavy atom. The molecule has 2 heterocycles. The number of aromatic hydroxyl groups is 1. The summed E-state index contributed by atoms with van der Waals surface area (Å²) in [4.78, 5) is 27.7. The van der Waals surface area contributed by atoms with Crippen molar-refractivity contribution in [2.45, 2.75) is 71.8 Å². The molecule has 33 heavy (non-hydrogen) atoms. The number of phenolic OH excluding ortho intramolecular Hbond substituents is 1. The molecule has 2 aliphatic heterocycles. The van der Waals surface area contributed by atoms with E-state index in [9.17, 15) is 14.7 Å². The molecule has 2 saturated heterocycles. The van der Waals surface area contributed by atoms with Crippen LogP contribution in [0.25, 0.3) is 6.08 Å². The van der Waals surface area contributed by atoms with Gasteiger partial charge in [-0.3, -0.25) is 14.5 Å². The molecule has 1 N–H and O–H groups in total. The average molecular weight is 452 g/mol. The molecule has 178 valence electrons. The van der Waals surface area contributed by atoms with E-state index in [0.29, 0.717) is 25.3 Å². The third kappa shape index (κ3) is 4.52. The Labute approximate surface area is 197 Å². The summed E-state index contributed by atoms with van der Waals surface area (Å²) in [6.45, 7) is 7.39. The molecular formula is C28H37NO4. The van der Waals surface area contributed by atoms with Crippen LogP contribution < -0.4 is 0 Å². The number of likely N-dealkylation sites (tertiary alicyclic amines) is 1. The highest BCUT2D eigenvalue weighted by molar-refractivity contribution is 6.05. The van der Waals surface area contributed by atoms with Crippen molar-refractivity contribution in [1.82, 2.24) is 4.90 Å². The van der Waals surface area contributed by atoms with E-state index in [-0.39, 0.29) is 35.7 Å². The molecule has 4 atom stereocenters. The predicted molar refractivity (Wildman–Crippen MR) is 129 cm³/mol. The molecule has 0 radical (unpaired) electrons. The number of allylic oxidation sites excluding steroid dienone is 2. The molecule has 4 rings (SSSR count). The normalized spacial score (nSPS) is 27.4. The molecule has 1 aromatic carbocycles. The Bertz CT molecular complexity index is 962. The van der Waals surface area contributed by atoms with E-state index >= 15 is 0 Å². The number of carbonyl (C=O) groups excluding carboxylic acids is 2. The second kappa shape index (κ2) is 10.3. The molecule has 5 nitrogen and oxygen atoms in total. The molecule has 2 fully saturated rings. The predicted octanol–water partition coefficient (Wildman–Crippen LogP) is 5.49. The van der Waals surface area contributed by atoms with Crippen molar-refractivity contribution in [2.24, 2.45) is 17.8 Å². The summed E-state index contributed by atoms with van der Waals surface area (Å²) >= 11 is 0. The lowest BCUT2D eigenvalue weighted by molar-refractivity contribution is -0.140. The molecule has 2 amide bonds. The summed E-state index contributed by atoms with van der Waals surface area (Å²) in [5.74, 6) is -0.0561. The molecule has 5 heteroatoms. The first-order valence-electron chi connectivity index (χ1n) is 12.7. The van der Waals surface area contributed by atoms with E-state index in [0.717, 1.165) is 44.1 Å². The number of benzene rings is 1. The molecule has 0 saturated carbocycles. The van der Waals surface area contributed by atoms with Crippen molar-refractivity contribution in [2.75, 3.05) is 13.2 Å². The van der Waals surface area contributed by atoms with Gasteiger partial charge >= 0.3 is 0 Å². The van der Waals surface area contributed by atoms with Crippen LogP contribution in [0, 0.1) is 17.8 Å². The van der Waals surface area contributed by atoms with Crippen LogP contribution >= 0.6 is 0 Å². The van der Waals surface area contributed by atoms with Gasteiger partial charge in [0.15, 0.2) is 0 Å². The maximum absolute atomic E-state index is 13.2. The largest absolute Gasteiger partial charge is 0.507 e. The Hall–Kier alpha value is -2.40. The number of phenols is 1. The van der Waals surface area contributed by atoms with Gasteiger partial charge < -0.3 is 9.84 Å². The summed E-state index contributed by atoms with van der Waals surface area (Å²) in [6, 6.07) is 7.41. The molecule has 0 aromatic heterocycles. The molecule has 3 aliphatic rings. The fourth-order valence-electron chi connectivity index (χ4n) is 6.02. The topological polar surface area (TPSA) is 66.8 Å². The molecule has 1 aliphatic carbocycles. The molecule has 0 bridgehead atoms. The van der Waals surface area contributed by atoms with Crippen LogP contribution in [0.5, 0.6) is 5.75 Å². The fourth-order valence-corrected chi connectivity index (χ4v) is 6.02. The number of carbonyl (C=O) groups is 2. The Morgan fingerprint density at radius 3 is 2.61 bits per heavy atom. The third-order valence-corrected chi connectivity index (χ3v) is 7.58. The van der Waals surface area contributed by atoms with Crippen molar-refractivity contribution >= 4 is 17.9 Å². The van der Waals surface area contributed by atoms with Gasteiger partial charge in [0.05, 0.1) is 24.5 Å². The summed E-state index contributed by atoms with van der Waals surface area (Å²) in [5.41, 5.74) is 4.79. The third-order valence-electron chi connectivity index (χ3n) is 7.58. The van der Waals surface area contributed by atoms with Gasteiger partial charge in [-0.15, -0.1) is 0 Å². The van der Waals surface area contributed by atoms with Gasteiger partial charge in [0.25, 0.3) is 0 Å². The fraction of sp³-hybridized carbons (Fsp3) is 0.571. The van der Waals surface area contributed by atoms with Crippen LogP contribution in [-0.4, -0.2) is 41.1 Å². The number of fused-ring (bicyclic) bond motifs is 3. The summed E-state index contributed by atoms with van der Waals surface area (Å²) in [6.07, 6.45) is 8.27. The van der Waals surface area contributed by atoms with Crippen LogP contribution in [-0.2, 0) is 14.3 Å². The van der Waals surface area contributed by atoms with E-state index < -0.39 is 0 Å². The number of amides is 2. The minimum absolute atomic E-state index is 0.0138. The van der Waals surface area contributed by atoms with Crippen molar-refractivity contribution in [3.05, 3.63) is 46.5 Å². The number of para-hydroxylation sites is 1. The summed E-state index contributed by atoms with van der Waals surface area (Å²) in [5, 5.41) is 10.1. The maximum atomic E-state index is 13.2. The van der Waals surface area contributed by atoms with Gasteiger partial charge in [-0.2, -0.15) is 0 Å². The average Bonchev–Trinajstić information content (AvgIpc) is 3.33. The Kier molecular flexibility index (Phi) is 7.38. The second-order valence-corrected chi connectivity index (χ2v) is 9.66. The number of nitrogens with zero attached hydrogens (tertiary/aromatic N) is 1. The van der Waals surface area contributed by atoms with Crippen LogP contribution in [0.15, 0.2) is 41.0 Å². The number of imide groups is 1. The second-order valence-electron chi connectivity index (χ2n) is 9.66. The first kappa shape index (κ1) is 23.7. The number of hydrogen-bond acceptors (Lipinski definition) is 4. The van der Waals surface area contributed by atoms with Gasteiger partial charge in [-0.05, 0) is 50.2 Å². The zero-order chi connectivity index (χ0) is 23.5. The first-order valence-corrected chi connectivity index (χ1v) is 12.7. The van der Waals surface area contributed by atoms with Gasteiger partial charge in [0.2, 0.25) is 11.8 Å². The smallest absolute Gasteiger partial charge is 0.233 e. The SMILES string of the molecule is CCCC1=C2[C@@H](CC/C(=C/c3ccccc3O)CC)OC[C@@H]2[C@@H]2C(=O)N(CCC)C(=O)[C@@H]2C1. The van der Waals surface area contributed by atoms with Gasteiger partial charge in [-0.1, -0.05) is 62.6 Å². The standard InChI is InChI=1S/C28H37NO4/c1-4-9-20-16-21-26(28(32)29(14-5-2)27(21)31)22-17-33-24(25(20)22)13-12-18(6-3)15-19-10-7-8-11-23(19)30/h7-8,10-11,15,21-22,24,26,30H,4-6,9,12-14,16-17H2,1-3H3/b18-15+/t21-,22+,24-,26-/m1/s1. The maximum Gasteiger partial charge on any atom is 0.233 e. The quantitative estimate of drug-likeness (QED) is 0.398. The highest BCUT2D eigenvalue weighted by Crippen LogP contribution is 2.50. The zero-order valence-corrected chi connectivity index (χ0v) is 20.2. The number of ether oxygens (including phenoxy) is 1. The van der Waals surface area contributed by atoms with Gasteiger partial charge in [0, 0.05) is 18.0 Å². The van der Waals surface area contributed by atoms with Crippen molar-refractivity contribution in [3.63, 3.8) is 0 Å². The van der Waals surface area contributed by atoms with Crippen LogP contribution in [0.4, 0.5) is 0 Å². The van der Waals surface area contributed by atoms with Gasteiger partial charge in [0.1, 0.15) is 5.75 Å².